The van der Waals surface area contributed by atoms with Crippen molar-refractivity contribution in [1.29, 1.82) is 0 Å². The fourth-order valence-electron chi connectivity index (χ4n) is 3.17. The molecule has 0 spiro atoms. The molecule has 25 heavy (non-hydrogen) atoms. The predicted molar refractivity (Wildman–Crippen MR) is 95.2 cm³/mol. The van der Waals surface area contributed by atoms with Crippen molar-refractivity contribution < 1.29 is 9.21 Å². The molecule has 0 atom stereocenters. The summed E-state index contributed by atoms with van der Waals surface area (Å²) in [4.78, 5) is 19.0. The number of aromatic nitrogens is 3. The highest BCUT2D eigenvalue weighted by atomic mass is 16.3. The van der Waals surface area contributed by atoms with Crippen molar-refractivity contribution in [3.8, 4) is 0 Å². The van der Waals surface area contributed by atoms with E-state index in [1.165, 1.54) is 0 Å². The van der Waals surface area contributed by atoms with Gasteiger partial charge in [-0.1, -0.05) is 20.8 Å². The summed E-state index contributed by atoms with van der Waals surface area (Å²) in [5.74, 6) is 1.50. The van der Waals surface area contributed by atoms with Gasteiger partial charge in [0.1, 0.15) is 12.8 Å². The second kappa shape index (κ2) is 7.02. The highest BCUT2D eigenvalue weighted by Gasteiger charge is 2.25. The number of amides is 1. The number of carbonyl (C=O) groups is 1. The smallest absolute Gasteiger partial charge is 0.244 e. The number of piperidine rings is 1. The highest BCUT2D eigenvalue weighted by Crippen LogP contribution is 2.25. The first-order chi connectivity index (χ1) is 11.8. The van der Waals surface area contributed by atoms with Crippen LogP contribution in [0.5, 0.6) is 0 Å². The van der Waals surface area contributed by atoms with Gasteiger partial charge in [-0.3, -0.25) is 9.48 Å². The Morgan fingerprint density at radius 3 is 2.60 bits per heavy atom. The van der Waals surface area contributed by atoms with Gasteiger partial charge in [-0.25, -0.2) is 4.98 Å². The number of carbonyl (C=O) groups excluding carboxylic acids is 1. The van der Waals surface area contributed by atoms with E-state index in [1.54, 1.807) is 17.1 Å². The van der Waals surface area contributed by atoms with E-state index in [0.717, 1.165) is 49.5 Å². The first kappa shape index (κ1) is 17.7. The molecule has 0 unspecified atom stereocenters. The van der Waals surface area contributed by atoms with Crippen LogP contribution >= 0.6 is 0 Å². The van der Waals surface area contributed by atoms with Crippen molar-refractivity contribution in [3.63, 3.8) is 0 Å². The number of aryl methyl sites for hydroxylation is 1. The Kier molecular flexibility index (Phi) is 4.97. The van der Waals surface area contributed by atoms with Gasteiger partial charge in [-0.15, -0.1) is 0 Å². The third-order valence-electron chi connectivity index (χ3n) is 4.81. The maximum Gasteiger partial charge on any atom is 0.244 e. The third kappa shape index (κ3) is 4.50. The molecule has 1 saturated heterocycles. The maximum atomic E-state index is 12.4. The fraction of sp³-hybridized carbons (Fsp3) is 0.632. The molecule has 2 aromatic heterocycles. The van der Waals surface area contributed by atoms with Gasteiger partial charge in [-0.05, 0) is 31.2 Å². The van der Waals surface area contributed by atoms with Crippen LogP contribution in [0.1, 0.15) is 50.8 Å². The minimum Gasteiger partial charge on any atom is -0.449 e. The van der Waals surface area contributed by atoms with Crippen LogP contribution in [0.15, 0.2) is 23.1 Å². The van der Waals surface area contributed by atoms with Crippen molar-refractivity contribution in [2.75, 3.05) is 13.1 Å². The van der Waals surface area contributed by atoms with Crippen LogP contribution in [-0.4, -0.2) is 38.7 Å². The molecule has 0 N–H and O–H groups in total. The molecule has 0 bridgehead atoms. The van der Waals surface area contributed by atoms with E-state index in [9.17, 15) is 4.79 Å². The summed E-state index contributed by atoms with van der Waals surface area (Å²) >= 11 is 0. The van der Waals surface area contributed by atoms with Crippen LogP contribution < -0.4 is 0 Å². The van der Waals surface area contributed by atoms with Gasteiger partial charge in [0, 0.05) is 31.1 Å². The summed E-state index contributed by atoms with van der Waals surface area (Å²) in [5, 5.41) is 4.19. The second-order valence-corrected chi connectivity index (χ2v) is 8.12. The Morgan fingerprint density at radius 1 is 1.32 bits per heavy atom. The Hall–Kier alpha value is -2.11. The molecule has 0 aliphatic carbocycles. The first-order valence-corrected chi connectivity index (χ1v) is 9.03. The molecule has 6 heteroatoms. The summed E-state index contributed by atoms with van der Waals surface area (Å²) < 4.78 is 7.36. The van der Waals surface area contributed by atoms with E-state index in [4.69, 9.17) is 4.42 Å². The minimum absolute atomic E-state index is 0.0163. The van der Waals surface area contributed by atoms with Crippen LogP contribution in [0.4, 0.5) is 0 Å². The zero-order valence-electron chi connectivity index (χ0n) is 15.7. The maximum absolute atomic E-state index is 12.4. The molecule has 0 aromatic carbocycles. The zero-order valence-corrected chi connectivity index (χ0v) is 15.7. The Morgan fingerprint density at radius 2 is 2.04 bits per heavy atom. The lowest BCUT2D eigenvalue weighted by molar-refractivity contribution is -0.133. The predicted octanol–water partition coefficient (Wildman–Crippen LogP) is 2.96. The lowest BCUT2D eigenvalue weighted by atomic mass is 9.92. The number of rotatable bonds is 4. The Labute approximate surface area is 149 Å². The molecular formula is C19H28N4O2. The standard InChI is InChI=1S/C19H28N4O2/c1-14-10-20-23(11-14)12-18(24)22-7-5-15(6-8-22)9-17-21-16(13-25-17)19(2,3)4/h10-11,13,15H,5-9,12H2,1-4H3. The van der Waals surface area contributed by atoms with Gasteiger partial charge in [0.05, 0.1) is 11.9 Å². The van der Waals surface area contributed by atoms with Gasteiger partial charge in [0.2, 0.25) is 5.91 Å². The zero-order chi connectivity index (χ0) is 18.0. The summed E-state index contributed by atoms with van der Waals surface area (Å²) in [6.45, 7) is 10.3. The molecule has 0 radical (unpaired) electrons. The largest absolute Gasteiger partial charge is 0.449 e. The number of hydrogen-bond donors (Lipinski definition) is 0. The van der Waals surface area contributed by atoms with E-state index < -0.39 is 0 Å². The molecule has 136 valence electrons. The van der Waals surface area contributed by atoms with Gasteiger partial charge in [-0.2, -0.15) is 5.10 Å². The normalized spacial score (nSPS) is 16.4. The van der Waals surface area contributed by atoms with Crippen molar-refractivity contribution in [2.45, 2.75) is 58.9 Å². The number of likely N-dealkylation sites (tertiary alicyclic amines) is 1. The number of hydrogen-bond acceptors (Lipinski definition) is 4. The van der Waals surface area contributed by atoms with Crippen molar-refractivity contribution in [1.82, 2.24) is 19.7 Å². The van der Waals surface area contributed by atoms with E-state index in [1.807, 2.05) is 18.0 Å². The average Bonchev–Trinajstić information content (AvgIpc) is 3.17. The summed E-state index contributed by atoms with van der Waals surface area (Å²) in [5.41, 5.74) is 2.10. The fourth-order valence-corrected chi connectivity index (χ4v) is 3.17. The molecule has 1 amide bonds. The van der Waals surface area contributed by atoms with Crippen molar-refractivity contribution in [2.24, 2.45) is 5.92 Å². The lowest BCUT2D eigenvalue weighted by Crippen LogP contribution is -2.40. The van der Waals surface area contributed by atoms with Crippen LogP contribution in [0.2, 0.25) is 0 Å². The Balaban J connectivity index is 1.48. The SMILES string of the molecule is Cc1cnn(CC(=O)N2CCC(Cc3nc(C(C)(C)C)co3)CC2)c1. The summed E-state index contributed by atoms with van der Waals surface area (Å²) in [7, 11) is 0. The second-order valence-electron chi connectivity index (χ2n) is 8.12. The lowest BCUT2D eigenvalue weighted by Gasteiger charge is -2.31. The molecular weight excluding hydrogens is 316 g/mol. The van der Waals surface area contributed by atoms with E-state index in [2.05, 4.69) is 30.9 Å². The molecule has 1 aliphatic rings. The van der Waals surface area contributed by atoms with Crippen molar-refractivity contribution >= 4 is 5.91 Å². The first-order valence-electron chi connectivity index (χ1n) is 9.03. The summed E-state index contributed by atoms with van der Waals surface area (Å²) in [6, 6.07) is 0. The van der Waals surface area contributed by atoms with Crippen LogP contribution in [0.25, 0.3) is 0 Å². The summed E-state index contributed by atoms with van der Waals surface area (Å²) in [6.07, 6.45) is 8.31. The highest BCUT2D eigenvalue weighted by molar-refractivity contribution is 5.76. The number of oxazole rings is 1. The molecule has 2 aromatic rings. The monoisotopic (exact) mass is 344 g/mol. The van der Waals surface area contributed by atoms with Crippen LogP contribution in [0, 0.1) is 12.8 Å². The average molecular weight is 344 g/mol. The van der Waals surface area contributed by atoms with Gasteiger partial charge < -0.3 is 9.32 Å². The quantitative estimate of drug-likeness (QED) is 0.855. The van der Waals surface area contributed by atoms with E-state index >= 15 is 0 Å². The Bertz CT molecular complexity index is 718. The van der Waals surface area contributed by atoms with Crippen molar-refractivity contribution in [3.05, 3.63) is 35.8 Å². The topological polar surface area (TPSA) is 64.2 Å². The van der Waals surface area contributed by atoms with Crippen LogP contribution in [-0.2, 0) is 23.2 Å². The van der Waals surface area contributed by atoms with Gasteiger partial charge in [0.15, 0.2) is 5.89 Å². The van der Waals surface area contributed by atoms with E-state index in [0.29, 0.717) is 12.5 Å². The molecule has 1 aliphatic heterocycles. The number of nitrogens with zero attached hydrogens (tertiary/aromatic N) is 4. The third-order valence-corrected chi connectivity index (χ3v) is 4.81. The molecule has 1 fully saturated rings. The molecule has 3 heterocycles. The van der Waals surface area contributed by atoms with Gasteiger partial charge >= 0.3 is 0 Å². The molecule has 0 saturated carbocycles. The molecule has 6 nitrogen and oxygen atoms in total. The minimum atomic E-state index is 0.0163. The van der Waals surface area contributed by atoms with E-state index in [-0.39, 0.29) is 11.3 Å². The van der Waals surface area contributed by atoms with Gasteiger partial charge in [0.25, 0.3) is 0 Å². The van der Waals surface area contributed by atoms with Crippen LogP contribution in [0.3, 0.4) is 0 Å². The molecule has 3 rings (SSSR count).